The van der Waals surface area contributed by atoms with Crippen LogP contribution < -0.4 is 0 Å². The molecular weight excluding hydrogens is 348 g/mol. The minimum absolute atomic E-state index is 0.231. The van der Waals surface area contributed by atoms with Crippen molar-refractivity contribution in [3.63, 3.8) is 0 Å². The SMILES string of the molecule is CC(C)(C)c1ccccc1C(C)(C)C.Cc1ccc(C(C)(C)C)c(C(C)(C)C)c1. The van der Waals surface area contributed by atoms with Gasteiger partial charge in [-0.25, -0.2) is 0 Å². The Hall–Kier alpha value is -1.56. The molecule has 0 aliphatic carbocycles. The first-order valence-corrected chi connectivity index (χ1v) is 11.1. The van der Waals surface area contributed by atoms with Gasteiger partial charge in [-0.2, -0.15) is 0 Å². The highest BCUT2D eigenvalue weighted by Crippen LogP contribution is 2.34. The van der Waals surface area contributed by atoms with Crippen molar-refractivity contribution in [2.24, 2.45) is 0 Å². The van der Waals surface area contributed by atoms with Gasteiger partial charge in [-0.3, -0.25) is 0 Å². The molecule has 0 heteroatoms. The summed E-state index contributed by atoms with van der Waals surface area (Å²) in [5.74, 6) is 0. The highest BCUT2D eigenvalue weighted by molar-refractivity contribution is 5.40. The molecule has 0 aliphatic heterocycles. The second-order valence-electron chi connectivity index (χ2n) is 12.6. The summed E-state index contributed by atoms with van der Waals surface area (Å²) in [4.78, 5) is 0. The van der Waals surface area contributed by atoms with Crippen molar-refractivity contribution in [3.8, 4) is 0 Å². The van der Waals surface area contributed by atoms with E-state index in [1.165, 1.54) is 27.8 Å². The minimum Gasteiger partial charge on any atom is -0.0620 e. The van der Waals surface area contributed by atoms with Gasteiger partial charge in [-0.15, -0.1) is 0 Å². The highest BCUT2D eigenvalue weighted by Gasteiger charge is 2.25. The highest BCUT2D eigenvalue weighted by atomic mass is 14.3. The van der Waals surface area contributed by atoms with E-state index in [9.17, 15) is 0 Å². The van der Waals surface area contributed by atoms with Crippen LogP contribution >= 0.6 is 0 Å². The van der Waals surface area contributed by atoms with Crippen LogP contribution in [0.25, 0.3) is 0 Å². The van der Waals surface area contributed by atoms with Crippen LogP contribution in [0.15, 0.2) is 42.5 Å². The van der Waals surface area contributed by atoms with E-state index in [4.69, 9.17) is 0 Å². The average molecular weight is 395 g/mol. The largest absolute Gasteiger partial charge is 0.0620 e. The Morgan fingerprint density at radius 1 is 0.414 bits per heavy atom. The molecule has 0 heterocycles. The molecule has 2 aromatic rings. The van der Waals surface area contributed by atoms with Crippen molar-refractivity contribution in [2.45, 2.75) is 112 Å². The molecule has 2 aromatic carbocycles. The standard InChI is InChI=1S/C15H24.C14H22/c1-11-8-9-12(14(2,3)4)13(10-11)15(5,6)7;1-13(2,3)11-9-7-8-10-12(11)14(4,5)6/h8-10H,1-7H3;7-10H,1-6H3. The van der Waals surface area contributed by atoms with Gasteiger partial charge in [0.25, 0.3) is 0 Å². The third-order valence-corrected chi connectivity index (χ3v) is 5.33. The molecule has 0 unspecified atom stereocenters. The zero-order valence-electron chi connectivity index (χ0n) is 21.5. The van der Waals surface area contributed by atoms with Crippen molar-refractivity contribution in [2.75, 3.05) is 0 Å². The summed E-state index contributed by atoms with van der Waals surface area (Å²) in [5.41, 5.74) is 8.18. The number of hydrogen-bond donors (Lipinski definition) is 0. The topological polar surface area (TPSA) is 0 Å². The predicted molar refractivity (Wildman–Crippen MR) is 132 cm³/mol. The summed E-state index contributed by atoms with van der Waals surface area (Å²) >= 11 is 0. The third kappa shape index (κ3) is 7.32. The van der Waals surface area contributed by atoms with Crippen molar-refractivity contribution >= 4 is 0 Å². The Kier molecular flexibility index (Phi) is 7.61. The molecule has 0 amide bonds. The first-order valence-electron chi connectivity index (χ1n) is 11.1. The van der Waals surface area contributed by atoms with Crippen molar-refractivity contribution < 1.29 is 0 Å². The third-order valence-electron chi connectivity index (χ3n) is 5.33. The first-order chi connectivity index (χ1) is 12.8. The van der Waals surface area contributed by atoms with Gasteiger partial charge < -0.3 is 0 Å². The van der Waals surface area contributed by atoms with Gasteiger partial charge in [0.1, 0.15) is 0 Å². The summed E-state index contributed by atoms with van der Waals surface area (Å²) in [6, 6.07) is 15.6. The normalized spacial score (nSPS) is 13.0. The number of hydrogen-bond acceptors (Lipinski definition) is 0. The molecular formula is C29H46. The van der Waals surface area contributed by atoms with Crippen molar-refractivity contribution in [3.05, 3.63) is 70.3 Å². The van der Waals surface area contributed by atoms with Crippen LogP contribution in [0.1, 0.15) is 111 Å². The van der Waals surface area contributed by atoms with Crippen LogP contribution in [0.4, 0.5) is 0 Å². The van der Waals surface area contributed by atoms with E-state index < -0.39 is 0 Å². The molecule has 0 spiro atoms. The van der Waals surface area contributed by atoms with Gasteiger partial charge in [0, 0.05) is 0 Å². The van der Waals surface area contributed by atoms with Gasteiger partial charge in [-0.1, -0.05) is 131 Å². The molecule has 0 fully saturated rings. The lowest BCUT2D eigenvalue weighted by Gasteiger charge is -2.30. The molecule has 0 radical (unpaired) electrons. The fourth-order valence-corrected chi connectivity index (χ4v) is 3.72. The minimum atomic E-state index is 0.231. The van der Waals surface area contributed by atoms with Crippen molar-refractivity contribution in [1.82, 2.24) is 0 Å². The summed E-state index contributed by atoms with van der Waals surface area (Å²) in [5, 5.41) is 0. The number of aryl methyl sites for hydroxylation is 1. The lowest BCUT2D eigenvalue weighted by Crippen LogP contribution is -2.21. The van der Waals surface area contributed by atoms with Crippen molar-refractivity contribution in [1.29, 1.82) is 0 Å². The molecule has 0 bridgehead atoms. The zero-order valence-corrected chi connectivity index (χ0v) is 21.5. The zero-order chi connectivity index (χ0) is 22.8. The fourth-order valence-electron chi connectivity index (χ4n) is 3.72. The Balaban J connectivity index is 0.000000291. The van der Waals surface area contributed by atoms with Gasteiger partial charge in [0.2, 0.25) is 0 Å². The number of benzene rings is 2. The van der Waals surface area contributed by atoms with E-state index in [1.54, 1.807) is 0 Å². The van der Waals surface area contributed by atoms with E-state index in [2.05, 4.69) is 132 Å². The molecule has 0 saturated carbocycles. The molecule has 0 aliphatic rings. The Labute approximate surface area is 182 Å². The maximum atomic E-state index is 2.33. The smallest absolute Gasteiger partial charge is 0.0129 e. The predicted octanol–water partition coefficient (Wildman–Crippen LogP) is 8.87. The van der Waals surface area contributed by atoms with Crippen LogP contribution in [0.2, 0.25) is 0 Å². The second-order valence-corrected chi connectivity index (χ2v) is 12.6. The van der Waals surface area contributed by atoms with E-state index >= 15 is 0 Å². The van der Waals surface area contributed by atoms with Gasteiger partial charge in [-0.05, 0) is 50.8 Å². The molecule has 0 N–H and O–H groups in total. The van der Waals surface area contributed by atoms with Crippen LogP contribution in [0.5, 0.6) is 0 Å². The summed E-state index contributed by atoms with van der Waals surface area (Å²) in [6.07, 6.45) is 0. The lowest BCUT2D eigenvalue weighted by atomic mass is 9.75. The summed E-state index contributed by atoms with van der Waals surface area (Å²) in [7, 11) is 0. The molecule has 29 heavy (non-hydrogen) atoms. The van der Waals surface area contributed by atoms with E-state index in [1.807, 2.05) is 0 Å². The summed E-state index contributed by atoms with van der Waals surface area (Å²) in [6.45, 7) is 29.5. The molecule has 0 nitrogen and oxygen atoms in total. The fraction of sp³-hybridized carbons (Fsp3) is 0.586. The van der Waals surface area contributed by atoms with Crippen LogP contribution in [0.3, 0.4) is 0 Å². The molecule has 0 aromatic heterocycles. The first kappa shape index (κ1) is 25.5. The Bertz CT molecular complexity index is 761. The molecule has 2 rings (SSSR count). The average Bonchev–Trinajstić information content (AvgIpc) is 2.52. The summed E-state index contributed by atoms with van der Waals surface area (Å²) < 4.78 is 0. The van der Waals surface area contributed by atoms with Crippen LogP contribution in [-0.4, -0.2) is 0 Å². The van der Waals surface area contributed by atoms with Gasteiger partial charge in [0.15, 0.2) is 0 Å². The molecule has 0 atom stereocenters. The molecule has 162 valence electrons. The van der Waals surface area contributed by atoms with E-state index in [0.29, 0.717) is 0 Å². The monoisotopic (exact) mass is 394 g/mol. The lowest BCUT2D eigenvalue weighted by molar-refractivity contribution is 0.530. The Morgan fingerprint density at radius 2 is 0.724 bits per heavy atom. The maximum absolute atomic E-state index is 2.33. The maximum Gasteiger partial charge on any atom is -0.0129 e. The van der Waals surface area contributed by atoms with Gasteiger partial charge in [0.05, 0.1) is 0 Å². The van der Waals surface area contributed by atoms with Crippen LogP contribution in [0, 0.1) is 6.92 Å². The van der Waals surface area contributed by atoms with Crippen LogP contribution in [-0.2, 0) is 21.7 Å². The Morgan fingerprint density at radius 3 is 1.03 bits per heavy atom. The number of rotatable bonds is 0. The quantitative estimate of drug-likeness (QED) is 0.418. The van der Waals surface area contributed by atoms with E-state index in [0.717, 1.165) is 0 Å². The molecule has 0 saturated heterocycles. The van der Waals surface area contributed by atoms with E-state index in [-0.39, 0.29) is 21.7 Å². The second kappa shape index (κ2) is 8.66. The van der Waals surface area contributed by atoms with Gasteiger partial charge >= 0.3 is 0 Å².